The number of ketones is 1. The van der Waals surface area contributed by atoms with Crippen LogP contribution in [0.3, 0.4) is 0 Å². The zero-order valence-electron chi connectivity index (χ0n) is 15.0. The summed E-state index contributed by atoms with van der Waals surface area (Å²) in [4.78, 5) is 16.8. The second-order valence-electron chi connectivity index (χ2n) is 6.41. The van der Waals surface area contributed by atoms with E-state index in [1.165, 1.54) is 6.07 Å². The summed E-state index contributed by atoms with van der Waals surface area (Å²) >= 11 is 0. The van der Waals surface area contributed by atoms with Crippen molar-refractivity contribution in [2.75, 3.05) is 5.73 Å². The number of halogens is 1. The van der Waals surface area contributed by atoms with Crippen molar-refractivity contribution in [3.63, 3.8) is 0 Å². The van der Waals surface area contributed by atoms with E-state index in [0.29, 0.717) is 22.3 Å². The number of pyridine rings is 1. The Morgan fingerprint density at radius 1 is 0.750 bits per heavy atom. The number of carbonyl (C=O) groups is 1. The maximum Gasteiger partial charge on any atom is 0.193 e. The van der Waals surface area contributed by atoms with Gasteiger partial charge in [0.25, 0.3) is 0 Å². The van der Waals surface area contributed by atoms with E-state index in [1.54, 1.807) is 48.7 Å². The van der Waals surface area contributed by atoms with Crippen LogP contribution in [0.4, 0.5) is 10.2 Å². The Morgan fingerprint density at radius 2 is 1.39 bits per heavy atom. The highest BCUT2D eigenvalue weighted by Gasteiger charge is 2.12. The van der Waals surface area contributed by atoms with E-state index in [4.69, 9.17) is 5.73 Å². The number of aromatic nitrogens is 1. The van der Waals surface area contributed by atoms with Crippen molar-refractivity contribution in [3.05, 3.63) is 108 Å². The second-order valence-corrected chi connectivity index (χ2v) is 6.41. The number of anilines is 1. The quantitative estimate of drug-likeness (QED) is 0.493. The van der Waals surface area contributed by atoms with Crippen LogP contribution in [-0.4, -0.2) is 10.8 Å². The Morgan fingerprint density at radius 3 is 2.11 bits per heavy atom. The maximum atomic E-state index is 14.2. The summed E-state index contributed by atoms with van der Waals surface area (Å²) in [6.45, 7) is 0. The molecule has 1 heterocycles. The third kappa shape index (κ3) is 3.40. The van der Waals surface area contributed by atoms with Gasteiger partial charge in [-0.05, 0) is 17.7 Å². The summed E-state index contributed by atoms with van der Waals surface area (Å²) in [5, 5.41) is 0. The molecule has 0 radical (unpaired) electrons. The van der Waals surface area contributed by atoms with Gasteiger partial charge in [-0.25, -0.2) is 9.37 Å². The lowest BCUT2D eigenvalue weighted by atomic mass is 9.98. The summed E-state index contributed by atoms with van der Waals surface area (Å²) < 4.78 is 14.2. The Kier molecular flexibility index (Phi) is 4.68. The van der Waals surface area contributed by atoms with Crippen molar-refractivity contribution >= 4 is 11.6 Å². The number of hydrogen-bond acceptors (Lipinski definition) is 3. The summed E-state index contributed by atoms with van der Waals surface area (Å²) in [5.41, 5.74) is 9.84. The van der Waals surface area contributed by atoms with Gasteiger partial charge in [-0.3, -0.25) is 4.79 Å². The molecule has 0 atom stereocenters. The molecule has 0 fully saturated rings. The molecule has 0 bridgehead atoms. The number of rotatable bonds is 4. The van der Waals surface area contributed by atoms with Gasteiger partial charge in [0.15, 0.2) is 5.78 Å². The first kappa shape index (κ1) is 17.6. The minimum atomic E-state index is -0.350. The first-order chi connectivity index (χ1) is 13.6. The highest BCUT2D eigenvalue weighted by molar-refractivity contribution is 6.09. The summed E-state index contributed by atoms with van der Waals surface area (Å²) in [5.74, 6) is -0.115. The molecule has 0 unspecified atom stereocenters. The number of nitrogen functional groups attached to an aromatic ring is 1. The van der Waals surface area contributed by atoms with Crippen LogP contribution in [0, 0.1) is 5.82 Å². The number of nitrogens with zero attached hydrogens (tertiary/aromatic N) is 1. The van der Waals surface area contributed by atoms with E-state index in [-0.39, 0.29) is 17.4 Å². The monoisotopic (exact) mass is 368 g/mol. The van der Waals surface area contributed by atoms with Crippen LogP contribution < -0.4 is 5.73 Å². The molecular weight excluding hydrogens is 351 g/mol. The van der Waals surface area contributed by atoms with Crippen LogP contribution in [0.2, 0.25) is 0 Å². The van der Waals surface area contributed by atoms with Crippen molar-refractivity contribution in [2.45, 2.75) is 0 Å². The molecule has 4 rings (SSSR count). The number of nitrogens with two attached hydrogens (primary N) is 1. The molecule has 0 aliphatic heterocycles. The van der Waals surface area contributed by atoms with Gasteiger partial charge in [0.05, 0.1) is 0 Å². The molecular formula is C24H17FN2O. The molecule has 28 heavy (non-hydrogen) atoms. The van der Waals surface area contributed by atoms with E-state index in [2.05, 4.69) is 4.98 Å². The first-order valence-corrected chi connectivity index (χ1v) is 8.84. The van der Waals surface area contributed by atoms with E-state index in [0.717, 1.165) is 11.1 Å². The lowest BCUT2D eigenvalue weighted by Gasteiger charge is -2.10. The van der Waals surface area contributed by atoms with Gasteiger partial charge in [0.1, 0.15) is 11.6 Å². The smallest absolute Gasteiger partial charge is 0.193 e. The minimum Gasteiger partial charge on any atom is -0.383 e. The molecule has 0 aliphatic rings. The summed E-state index contributed by atoms with van der Waals surface area (Å²) in [7, 11) is 0. The molecule has 1 aromatic heterocycles. The number of hydrogen-bond donors (Lipinski definition) is 1. The maximum absolute atomic E-state index is 14.2. The van der Waals surface area contributed by atoms with E-state index in [1.807, 2.05) is 36.4 Å². The molecule has 0 amide bonds. The molecule has 3 nitrogen and oxygen atoms in total. The summed E-state index contributed by atoms with van der Waals surface area (Å²) in [6.07, 6.45) is 1.65. The van der Waals surface area contributed by atoms with Crippen LogP contribution in [0.15, 0.2) is 91.1 Å². The van der Waals surface area contributed by atoms with E-state index < -0.39 is 0 Å². The van der Waals surface area contributed by atoms with Gasteiger partial charge in [-0.1, -0.05) is 72.8 Å². The summed E-state index contributed by atoms with van der Waals surface area (Å²) in [6, 6.07) is 24.7. The Bertz CT molecular complexity index is 1140. The molecule has 4 aromatic rings. The van der Waals surface area contributed by atoms with Gasteiger partial charge in [-0.2, -0.15) is 0 Å². The van der Waals surface area contributed by atoms with Gasteiger partial charge in [-0.15, -0.1) is 0 Å². The highest BCUT2D eigenvalue weighted by Crippen LogP contribution is 2.31. The standard InChI is InChI=1S/C24H17FN2O/c25-22-9-5-4-8-20(22)21-14-19(15-27-24(21)26)16-10-12-18(13-11-16)23(28)17-6-2-1-3-7-17/h1-15H,(H2,26,27). The average Bonchev–Trinajstić information content (AvgIpc) is 2.75. The van der Waals surface area contributed by atoms with Crippen LogP contribution in [0.25, 0.3) is 22.3 Å². The topological polar surface area (TPSA) is 56.0 Å². The molecule has 0 aliphatic carbocycles. The SMILES string of the molecule is Nc1ncc(-c2ccc(C(=O)c3ccccc3)cc2)cc1-c1ccccc1F. The number of benzene rings is 3. The van der Waals surface area contributed by atoms with Crippen molar-refractivity contribution in [3.8, 4) is 22.3 Å². The second kappa shape index (κ2) is 7.45. The Hall–Kier alpha value is -3.79. The number of carbonyl (C=O) groups excluding carboxylic acids is 1. The van der Waals surface area contributed by atoms with Crippen LogP contribution in [0.1, 0.15) is 15.9 Å². The fraction of sp³-hybridized carbons (Fsp3) is 0. The molecule has 4 heteroatoms. The molecule has 0 spiro atoms. The highest BCUT2D eigenvalue weighted by atomic mass is 19.1. The zero-order valence-corrected chi connectivity index (χ0v) is 15.0. The van der Waals surface area contributed by atoms with Crippen LogP contribution >= 0.6 is 0 Å². The van der Waals surface area contributed by atoms with Gasteiger partial charge in [0, 0.05) is 34.0 Å². The van der Waals surface area contributed by atoms with Crippen molar-refractivity contribution in [2.24, 2.45) is 0 Å². The van der Waals surface area contributed by atoms with Gasteiger partial charge in [0.2, 0.25) is 0 Å². The first-order valence-electron chi connectivity index (χ1n) is 8.84. The van der Waals surface area contributed by atoms with Crippen molar-refractivity contribution < 1.29 is 9.18 Å². The Labute approximate surface area is 162 Å². The van der Waals surface area contributed by atoms with E-state index >= 15 is 0 Å². The predicted octanol–water partition coefficient (Wildman–Crippen LogP) is 5.37. The zero-order chi connectivity index (χ0) is 19.5. The lowest BCUT2D eigenvalue weighted by Crippen LogP contribution is -2.00. The van der Waals surface area contributed by atoms with Gasteiger partial charge < -0.3 is 5.73 Å². The molecule has 0 saturated heterocycles. The predicted molar refractivity (Wildman–Crippen MR) is 109 cm³/mol. The normalized spacial score (nSPS) is 10.6. The van der Waals surface area contributed by atoms with Crippen molar-refractivity contribution in [1.29, 1.82) is 0 Å². The third-order valence-electron chi connectivity index (χ3n) is 4.60. The molecule has 2 N–H and O–H groups in total. The average molecular weight is 368 g/mol. The fourth-order valence-corrected chi connectivity index (χ4v) is 3.10. The molecule has 0 saturated carbocycles. The van der Waals surface area contributed by atoms with E-state index in [9.17, 15) is 9.18 Å². The lowest BCUT2D eigenvalue weighted by molar-refractivity contribution is 0.103. The van der Waals surface area contributed by atoms with Crippen LogP contribution in [-0.2, 0) is 0 Å². The minimum absolute atomic E-state index is 0.0328. The van der Waals surface area contributed by atoms with Crippen LogP contribution in [0.5, 0.6) is 0 Å². The van der Waals surface area contributed by atoms with Gasteiger partial charge >= 0.3 is 0 Å². The fourth-order valence-electron chi connectivity index (χ4n) is 3.10. The van der Waals surface area contributed by atoms with Crippen molar-refractivity contribution in [1.82, 2.24) is 4.98 Å². The molecule has 3 aromatic carbocycles. The molecule has 136 valence electrons. The third-order valence-corrected chi connectivity index (χ3v) is 4.60. The Balaban J connectivity index is 1.68. The largest absolute Gasteiger partial charge is 0.383 e.